The molecule has 1 aromatic rings. The van der Waals surface area contributed by atoms with Gasteiger partial charge in [-0.15, -0.1) is 0 Å². The second kappa shape index (κ2) is 7.37. The summed E-state index contributed by atoms with van der Waals surface area (Å²) in [5.41, 5.74) is 6.44. The van der Waals surface area contributed by atoms with Crippen molar-refractivity contribution in [2.45, 2.75) is 6.92 Å². The highest BCUT2D eigenvalue weighted by Gasteiger charge is 2.21. The number of ether oxygens (including phenoxy) is 2. The molecule has 1 rings (SSSR count). The standard InChI is InChI=1S/C14H21N3O4/c1-5-17(8-13(18)16-2)14(19)9-6-11(20-3)12(21-4)7-10(9)15/h6-7H,5,8,15H2,1-4H3,(H,16,18). The monoisotopic (exact) mass is 295 g/mol. The zero-order valence-electron chi connectivity index (χ0n) is 12.7. The van der Waals surface area contributed by atoms with Crippen LogP contribution in [0.3, 0.4) is 0 Å². The molecule has 0 aliphatic carbocycles. The van der Waals surface area contributed by atoms with Gasteiger partial charge in [0.15, 0.2) is 11.5 Å². The second-order valence-corrected chi connectivity index (χ2v) is 4.29. The van der Waals surface area contributed by atoms with E-state index in [0.29, 0.717) is 18.0 Å². The number of likely N-dealkylation sites (N-methyl/N-ethyl adjacent to an activating group) is 2. The van der Waals surface area contributed by atoms with Crippen LogP contribution in [0.4, 0.5) is 5.69 Å². The fourth-order valence-corrected chi connectivity index (χ4v) is 1.83. The fraction of sp³-hybridized carbons (Fsp3) is 0.429. The first-order valence-corrected chi connectivity index (χ1v) is 6.49. The summed E-state index contributed by atoms with van der Waals surface area (Å²) in [7, 11) is 4.48. The van der Waals surface area contributed by atoms with Crippen LogP contribution < -0.4 is 20.5 Å². The molecule has 7 nitrogen and oxygen atoms in total. The summed E-state index contributed by atoms with van der Waals surface area (Å²) in [4.78, 5) is 25.3. The fourth-order valence-electron chi connectivity index (χ4n) is 1.83. The van der Waals surface area contributed by atoms with Crippen molar-refractivity contribution in [1.29, 1.82) is 0 Å². The average molecular weight is 295 g/mol. The predicted molar refractivity (Wildman–Crippen MR) is 79.6 cm³/mol. The molecule has 0 atom stereocenters. The highest BCUT2D eigenvalue weighted by molar-refractivity contribution is 6.01. The number of carbonyl (C=O) groups is 2. The Bertz CT molecular complexity index is 531. The Balaban J connectivity index is 3.13. The minimum absolute atomic E-state index is 0.0282. The molecular formula is C14H21N3O4. The van der Waals surface area contributed by atoms with E-state index in [0.717, 1.165) is 0 Å². The third-order valence-electron chi connectivity index (χ3n) is 3.07. The van der Waals surface area contributed by atoms with E-state index >= 15 is 0 Å². The Morgan fingerprint density at radius 3 is 2.29 bits per heavy atom. The molecule has 0 aliphatic rings. The van der Waals surface area contributed by atoms with Gasteiger partial charge >= 0.3 is 0 Å². The van der Waals surface area contributed by atoms with Gasteiger partial charge in [0.25, 0.3) is 5.91 Å². The minimum Gasteiger partial charge on any atom is -0.493 e. The van der Waals surface area contributed by atoms with E-state index in [1.807, 2.05) is 0 Å². The van der Waals surface area contributed by atoms with Crippen LogP contribution in [0, 0.1) is 0 Å². The van der Waals surface area contributed by atoms with Crippen LogP contribution in [-0.4, -0.2) is 51.1 Å². The minimum atomic E-state index is -0.334. The summed E-state index contributed by atoms with van der Waals surface area (Å²) in [6, 6.07) is 3.04. The maximum atomic E-state index is 12.5. The molecule has 0 saturated heterocycles. The largest absolute Gasteiger partial charge is 0.493 e. The molecule has 0 spiro atoms. The number of nitrogen functional groups attached to an aromatic ring is 1. The zero-order valence-corrected chi connectivity index (χ0v) is 12.7. The zero-order chi connectivity index (χ0) is 16.0. The van der Waals surface area contributed by atoms with Crippen molar-refractivity contribution in [3.05, 3.63) is 17.7 Å². The van der Waals surface area contributed by atoms with Crippen LogP contribution in [0.15, 0.2) is 12.1 Å². The summed E-state index contributed by atoms with van der Waals surface area (Å²) in [5.74, 6) is 0.274. The molecule has 0 radical (unpaired) electrons. The first-order valence-electron chi connectivity index (χ1n) is 6.49. The first-order chi connectivity index (χ1) is 9.98. The second-order valence-electron chi connectivity index (χ2n) is 4.29. The Labute approximate surface area is 124 Å². The number of hydrogen-bond donors (Lipinski definition) is 2. The lowest BCUT2D eigenvalue weighted by Crippen LogP contribution is -2.39. The van der Waals surface area contributed by atoms with Gasteiger partial charge in [0.1, 0.15) is 0 Å². The molecule has 0 saturated carbocycles. The first kappa shape index (κ1) is 16.6. The van der Waals surface area contributed by atoms with Gasteiger partial charge in [0.05, 0.1) is 26.3 Å². The van der Waals surface area contributed by atoms with E-state index in [-0.39, 0.29) is 29.6 Å². The number of nitrogens with one attached hydrogen (secondary N) is 1. The third-order valence-corrected chi connectivity index (χ3v) is 3.07. The number of amides is 2. The van der Waals surface area contributed by atoms with Crippen molar-refractivity contribution in [2.24, 2.45) is 0 Å². The number of anilines is 1. The molecular weight excluding hydrogens is 274 g/mol. The molecule has 0 bridgehead atoms. The van der Waals surface area contributed by atoms with Crippen LogP contribution >= 0.6 is 0 Å². The molecule has 7 heteroatoms. The van der Waals surface area contributed by atoms with E-state index in [9.17, 15) is 9.59 Å². The van der Waals surface area contributed by atoms with E-state index in [2.05, 4.69) is 5.32 Å². The van der Waals surface area contributed by atoms with Crippen molar-refractivity contribution in [3.8, 4) is 11.5 Å². The Kier molecular flexibility index (Phi) is 5.83. The van der Waals surface area contributed by atoms with E-state index in [1.54, 1.807) is 6.92 Å². The molecule has 2 amide bonds. The van der Waals surface area contributed by atoms with Crippen molar-refractivity contribution in [3.63, 3.8) is 0 Å². The summed E-state index contributed by atoms with van der Waals surface area (Å²) >= 11 is 0. The van der Waals surface area contributed by atoms with Gasteiger partial charge in [-0.25, -0.2) is 0 Å². The molecule has 0 unspecified atom stereocenters. The molecule has 1 aromatic carbocycles. The van der Waals surface area contributed by atoms with Gasteiger partial charge < -0.3 is 25.4 Å². The maximum Gasteiger partial charge on any atom is 0.256 e. The topological polar surface area (TPSA) is 93.9 Å². The summed E-state index contributed by atoms with van der Waals surface area (Å²) in [5, 5.41) is 2.48. The van der Waals surface area contributed by atoms with Crippen LogP contribution in [0.5, 0.6) is 11.5 Å². The number of rotatable bonds is 6. The van der Waals surface area contributed by atoms with Gasteiger partial charge in [-0.1, -0.05) is 0 Å². The van der Waals surface area contributed by atoms with E-state index in [4.69, 9.17) is 15.2 Å². The van der Waals surface area contributed by atoms with Crippen molar-refractivity contribution < 1.29 is 19.1 Å². The summed E-state index contributed by atoms with van der Waals surface area (Å²) in [6.07, 6.45) is 0. The van der Waals surface area contributed by atoms with Gasteiger partial charge in [-0.3, -0.25) is 9.59 Å². The Hall–Kier alpha value is -2.44. The Morgan fingerprint density at radius 2 is 1.81 bits per heavy atom. The van der Waals surface area contributed by atoms with Crippen LogP contribution in [0.25, 0.3) is 0 Å². The average Bonchev–Trinajstić information content (AvgIpc) is 2.51. The smallest absolute Gasteiger partial charge is 0.256 e. The van der Waals surface area contributed by atoms with Gasteiger partial charge in [-0.05, 0) is 13.0 Å². The molecule has 3 N–H and O–H groups in total. The van der Waals surface area contributed by atoms with Gasteiger partial charge in [-0.2, -0.15) is 0 Å². The van der Waals surface area contributed by atoms with Crippen molar-refractivity contribution in [1.82, 2.24) is 10.2 Å². The van der Waals surface area contributed by atoms with Gasteiger partial charge in [0, 0.05) is 25.3 Å². The number of hydrogen-bond acceptors (Lipinski definition) is 5. The molecule has 0 aromatic heterocycles. The number of methoxy groups -OCH3 is 2. The van der Waals surface area contributed by atoms with E-state index < -0.39 is 0 Å². The molecule has 0 fully saturated rings. The lowest BCUT2D eigenvalue weighted by molar-refractivity contribution is -0.121. The molecule has 21 heavy (non-hydrogen) atoms. The normalized spacial score (nSPS) is 9.90. The van der Waals surface area contributed by atoms with Crippen molar-refractivity contribution in [2.75, 3.05) is 40.1 Å². The number of carbonyl (C=O) groups excluding carboxylic acids is 2. The van der Waals surface area contributed by atoms with Crippen LogP contribution in [0.2, 0.25) is 0 Å². The third kappa shape index (κ3) is 3.77. The number of nitrogens with zero attached hydrogens (tertiary/aromatic N) is 1. The summed E-state index contributed by atoms with van der Waals surface area (Å²) in [6.45, 7) is 2.15. The quantitative estimate of drug-likeness (QED) is 0.745. The lowest BCUT2D eigenvalue weighted by Gasteiger charge is -2.21. The molecule has 0 heterocycles. The van der Waals surface area contributed by atoms with Gasteiger partial charge in [0.2, 0.25) is 5.91 Å². The molecule has 116 valence electrons. The lowest BCUT2D eigenvalue weighted by atomic mass is 10.1. The van der Waals surface area contributed by atoms with Crippen molar-refractivity contribution >= 4 is 17.5 Å². The van der Waals surface area contributed by atoms with Crippen LogP contribution in [0.1, 0.15) is 17.3 Å². The van der Waals surface area contributed by atoms with E-state index in [1.165, 1.54) is 38.3 Å². The number of benzene rings is 1. The maximum absolute atomic E-state index is 12.5. The molecule has 0 aliphatic heterocycles. The highest BCUT2D eigenvalue weighted by atomic mass is 16.5. The van der Waals surface area contributed by atoms with Crippen LogP contribution in [-0.2, 0) is 4.79 Å². The highest BCUT2D eigenvalue weighted by Crippen LogP contribution is 2.32. The SMILES string of the molecule is CCN(CC(=O)NC)C(=O)c1cc(OC)c(OC)cc1N. The summed E-state index contributed by atoms with van der Waals surface area (Å²) < 4.78 is 10.3. The Morgan fingerprint density at radius 1 is 1.24 bits per heavy atom. The number of nitrogens with two attached hydrogens (primary N) is 1. The predicted octanol–water partition coefficient (Wildman–Crippen LogP) is 0.494.